The van der Waals surface area contributed by atoms with Crippen molar-refractivity contribution in [2.75, 3.05) is 25.7 Å². The third kappa shape index (κ3) is 5.04. The molecule has 7 nitrogen and oxygen atoms in total. The molecule has 0 spiro atoms. The number of amidine groups is 1. The predicted octanol–water partition coefficient (Wildman–Crippen LogP) is 2.54. The summed E-state index contributed by atoms with van der Waals surface area (Å²) in [4.78, 5) is 19.0. The first-order chi connectivity index (χ1) is 14.9. The van der Waals surface area contributed by atoms with E-state index in [1.165, 1.54) is 11.8 Å². The van der Waals surface area contributed by atoms with E-state index in [1.807, 2.05) is 53.4 Å². The van der Waals surface area contributed by atoms with E-state index >= 15 is 0 Å². The van der Waals surface area contributed by atoms with Crippen LogP contribution in [0.15, 0.2) is 53.5 Å². The summed E-state index contributed by atoms with van der Waals surface area (Å²) in [6, 6.07) is 14.7. The Bertz CT molecular complexity index is 1080. The Labute approximate surface area is 186 Å². The summed E-state index contributed by atoms with van der Waals surface area (Å²) >= 11 is 1.39. The monoisotopic (exact) mass is 460 g/mol. The zero-order chi connectivity index (χ0) is 22.0. The molecule has 0 N–H and O–H groups in total. The summed E-state index contributed by atoms with van der Waals surface area (Å²) in [5.41, 5.74) is 1.85. The number of benzene rings is 2. The molecule has 0 bridgehead atoms. The number of hydrogen-bond acceptors (Lipinski definition) is 6. The van der Waals surface area contributed by atoms with E-state index < -0.39 is 9.84 Å². The number of carbonyl (C=O) groups is 1. The van der Waals surface area contributed by atoms with Gasteiger partial charge in [0.05, 0.1) is 38.2 Å². The van der Waals surface area contributed by atoms with Crippen molar-refractivity contribution in [2.24, 2.45) is 4.99 Å². The summed E-state index contributed by atoms with van der Waals surface area (Å²) in [5.74, 6) is 1.44. The molecule has 2 atom stereocenters. The first-order valence-corrected chi connectivity index (χ1v) is 12.6. The van der Waals surface area contributed by atoms with Crippen LogP contribution in [0.25, 0.3) is 0 Å². The first kappa shape index (κ1) is 21.7. The minimum atomic E-state index is -3.08. The lowest BCUT2D eigenvalue weighted by Crippen LogP contribution is -2.37. The number of aliphatic imine (C=N–C) groups is 1. The van der Waals surface area contributed by atoms with Gasteiger partial charge in [-0.1, -0.05) is 36.0 Å². The van der Waals surface area contributed by atoms with E-state index in [9.17, 15) is 13.2 Å². The molecule has 2 aromatic rings. The van der Waals surface area contributed by atoms with Gasteiger partial charge in [0, 0.05) is 11.8 Å². The molecule has 2 fully saturated rings. The molecule has 9 heteroatoms. The van der Waals surface area contributed by atoms with E-state index in [2.05, 4.69) is 4.99 Å². The summed E-state index contributed by atoms with van der Waals surface area (Å²) in [7, 11) is 0.123. The number of hydrogen-bond donors (Lipinski definition) is 0. The van der Waals surface area contributed by atoms with Crippen LogP contribution in [0.2, 0.25) is 0 Å². The second-order valence-corrected chi connectivity index (χ2v) is 10.9. The highest BCUT2D eigenvalue weighted by atomic mass is 32.2. The van der Waals surface area contributed by atoms with Crippen molar-refractivity contribution in [1.29, 1.82) is 0 Å². The Morgan fingerprint density at radius 1 is 1.00 bits per heavy atom. The van der Waals surface area contributed by atoms with Gasteiger partial charge in [-0.3, -0.25) is 4.79 Å². The summed E-state index contributed by atoms with van der Waals surface area (Å²) in [6.07, 6.45) is 0.179. The van der Waals surface area contributed by atoms with Crippen molar-refractivity contribution in [3.63, 3.8) is 0 Å². The van der Waals surface area contributed by atoms with Crippen molar-refractivity contribution >= 4 is 32.7 Å². The smallest absolute Gasteiger partial charge is 0.252 e. The molecule has 2 aliphatic heterocycles. The van der Waals surface area contributed by atoms with Crippen LogP contribution in [0.5, 0.6) is 11.5 Å². The first-order valence-electron chi connectivity index (χ1n) is 9.88. The third-order valence-corrected chi connectivity index (χ3v) is 8.67. The van der Waals surface area contributed by atoms with Gasteiger partial charge in [0.1, 0.15) is 11.5 Å². The average molecular weight is 461 g/mol. The lowest BCUT2D eigenvalue weighted by molar-refractivity contribution is -0.117. The SMILES string of the molecule is COc1ccc(CC(=O)N=C2S[C@@H]3CS(=O)(=O)C[C@@H]3N2Cc2ccc(OC)cc2)cc1. The normalized spacial score (nSPS) is 23.0. The van der Waals surface area contributed by atoms with Gasteiger partial charge >= 0.3 is 0 Å². The molecule has 0 aliphatic carbocycles. The van der Waals surface area contributed by atoms with E-state index in [-0.39, 0.29) is 35.1 Å². The Balaban J connectivity index is 1.54. The Morgan fingerprint density at radius 2 is 1.58 bits per heavy atom. The molecular weight excluding hydrogens is 436 g/mol. The number of fused-ring (bicyclic) bond motifs is 1. The number of methoxy groups -OCH3 is 2. The number of rotatable bonds is 6. The topological polar surface area (TPSA) is 85.3 Å². The summed E-state index contributed by atoms with van der Waals surface area (Å²) in [6.45, 7) is 0.488. The minimum absolute atomic E-state index is 0.0898. The second kappa shape index (κ2) is 8.92. The molecule has 0 aromatic heterocycles. The van der Waals surface area contributed by atoms with Crippen molar-refractivity contribution in [3.05, 3.63) is 59.7 Å². The molecule has 2 saturated heterocycles. The molecular formula is C22H24N2O5S2. The maximum absolute atomic E-state index is 12.7. The van der Waals surface area contributed by atoms with Crippen LogP contribution in [-0.2, 0) is 27.6 Å². The number of nitrogens with zero attached hydrogens (tertiary/aromatic N) is 2. The van der Waals surface area contributed by atoms with Gasteiger partial charge in [-0.25, -0.2) is 8.42 Å². The molecule has 31 heavy (non-hydrogen) atoms. The standard InChI is InChI=1S/C22H24N2O5S2/c1-28-17-7-3-15(4-8-17)11-21(25)23-22-24(12-16-5-9-18(29-2)10-6-16)19-13-31(26,27)14-20(19)30-22/h3-10,19-20H,11-14H2,1-2H3/t19-,20+/m0/s1. The van der Waals surface area contributed by atoms with E-state index in [0.29, 0.717) is 11.7 Å². The highest BCUT2D eigenvalue weighted by Gasteiger charge is 2.48. The second-order valence-electron chi connectivity index (χ2n) is 7.59. The molecule has 2 heterocycles. The zero-order valence-corrected chi connectivity index (χ0v) is 19.0. The molecule has 0 unspecified atom stereocenters. The molecule has 2 aliphatic rings. The Morgan fingerprint density at radius 3 is 2.16 bits per heavy atom. The zero-order valence-electron chi connectivity index (χ0n) is 17.4. The van der Waals surface area contributed by atoms with Gasteiger partial charge in [-0.15, -0.1) is 0 Å². The maximum Gasteiger partial charge on any atom is 0.252 e. The van der Waals surface area contributed by atoms with Crippen LogP contribution in [0.3, 0.4) is 0 Å². The van der Waals surface area contributed by atoms with Gasteiger partial charge in [0.15, 0.2) is 15.0 Å². The van der Waals surface area contributed by atoms with Crippen molar-refractivity contribution < 1.29 is 22.7 Å². The van der Waals surface area contributed by atoms with Crippen LogP contribution < -0.4 is 9.47 Å². The summed E-state index contributed by atoms with van der Waals surface area (Å²) < 4.78 is 34.7. The molecule has 1 amide bonds. The quantitative estimate of drug-likeness (QED) is 0.655. The predicted molar refractivity (Wildman–Crippen MR) is 121 cm³/mol. The third-order valence-electron chi connectivity index (χ3n) is 5.42. The lowest BCUT2D eigenvalue weighted by Gasteiger charge is -2.24. The van der Waals surface area contributed by atoms with Gasteiger partial charge in [0.25, 0.3) is 5.91 Å². The van der Waals surface area contributed by atoms with Gasteiger partial charge < -0.3 is 14.4 Å². The largest absolute Gasteiger partial charge is 0.497 e. The minimum Gasteiger partial charge on any atom is -0.497 e. The van der Waals surface area contributed by atoms with Crippen LogP contribution in [0, 0.1) is 0 Å². The van der Waals surface area contributed by atoms with E-state index in [0.717, 1.165) is 22.6 Å². The van der Waals surface area contributed by atoms with Gasteiger partial charge in [0.2, 0.25) is 0 Å². The Hall–Kier alpha value is -2.52. The highest BCUT2D eigenvalue weighted by molar-refractivity contribution is 8.15. The van der Waals surface area contributed by atoms with Crippen LogP contribution in [-0.4, -0.2) is 61.4 Å². The molecule has 164 valence electrons. The number of thioether (sulfide) groups is 1. The fourth-order valence-electron chi connectivity index (χ4n) is 3.81. The fraction of sp³-hybridized carbons (Fsp3) is 0.364. The number of sulfone groups is 1. The molecule has 2 aromatic carbocycles. The van der Waals surface area contributed by atoms with Crippen LogP contribution in [0.1, 0.15) is 11.1 Å². The summed E-state index contributed by atoms with van der Waals surface area (Å²) in [5, 5.41) is 0.495. The van der Waals surface area contributed by atoms with Crippen molar-refractivity contribution in [1.82, 2.24) is 4.90 Å². The molecule has 4 rings (SSSR count). The molecule has 0 radical (unpaired) electrons. The maximum atomic E-state index is 12.7. The Kier molecular flexibility index (Phi) is 6.24. The van der Waals surface area contributed by atoms with Crippen molar-refractivity contribution in [2.45, 2.75) is 24.3 Å². The van der Waals surface area contributed by atoms with E-state index in [1.54, 1.807) is 14.2 Å². The van der Waals surface area contributed by atoms with Crippen LogP contribution in [0.4, 0.5) is 0 Å². The number of amides is 1. The molecule has 0 saturated carbocycles. The van der Waals surface area contributed by atoms with Gasteiger partial charge in [-0.2, -0.15) is 4.99 Å². The number of carbonyl (C=O) groups excluding carboxylic acids is 1. The van der Waals surface area contributed by atoms with E-state index in [4.69, 9.17) is 9.47 Å². The average Bonchev–Trinajstić information content (AvgIpc) is 3.21. The highest BCUT2D eigenvalue weighted by Crippen LogP contribution is 2.39. The van der Waals surface area contributed by atoms with Gasteiger partial charge in [-0.05, 0) is 35.4 Å². The van der Waals surface area contributed by atoms with Crippen molar-refractivity contribution in [3.8, 4) is 11.5 Å². The lowest BCUT2D eigenvalue weighted by atomic mass is 10.1. The van der Waals surface area contributed by atoms with Crippen LogP contribution >= 0.6 is 11.8 Å². The number of ether oxygens (including phenoxy) is 2. The fourth-order valence-corrected chi connectivity index (χ4v) is 7.78.